The molecule has 0 spiro atoms. The summed E-state index contributed by atoms with van der Waals surface area (Å²) in [5.41, 5.74) is 0.698. The van der Waals surface area contributed by atoms with E-state index in [1.165, 1.54) is 6.42 Å². The Kier molecular flexibility index (Phi) is 5.30. The minimum atomic E-state index is -0.208. The second-order valence-electron chi connectivity index (χ2n) is 5.84. The van der Waals surface area contributed by atoms with E-state index in [1.54, 1.807) is 6.07 Å². The lowest BCUT2D eigenvalue weighted by Gasteiger charge is -2.15. The van der Waals surface area contributed by atoms with E-state index in [4.69, 9.17) is 4.74 Å². The third-order valence-electron chi connectivity index (χ3n) is 3.93. The number of anilines is 1. The van der Waals surface area contributed by atoms with Gasteiger partial charge >= 0.3 is 6.03 Å². The zero-order valence-corrected chi connectivity index (χ0v) is 13.9. The summed E-state index contributed by atoms with van der Waals surface area (Å²) in [4.78, 5) is 11.7. The number of urea groups is 1. The van der Waals surface area contributed by atoms with Gasteiger partial charge < -0.3 is 19.9 Å². The van der Waals surface area contributed by atoms with Crippen LogP contribution in [0.2, 0.25) is 0 Å². The van der Waals surface area contributed by atoms with Crippen LogP contribution in [0, 0.1) is 0 Å². The van der Waals surface area contributed by atoms with Gasteiger partial charge in [-0.1, -0.05) is 13.0 Å². The molecule has 0 saturated carbocycles. The van der Waals surface area contributed by atoms with Gasteiger partial charge in [-0.2, -0.15) is 0 Å². The number of nitrogens with one attached hydrogen (secondary N) is 2. The van der Waals surface area contributed by atoms with Crippen molar-refractivity contribution in [1.82, 2.24) is 20.1 Å². The normalized spacial score (nSPS) is 13.2. The zero-order valence-electron chi connectivity index (χ0n) is 13.9. The summed E-state index contributed by atoms with van der Waals surface area (Å²) in [6.07, 6.45) is 4.22. The van der Waals surface area contributed by atoms with E-state index in [2.05, 4.69) is 25.4 Å². The van der Waals surface area contributed by atoms with Crippen molar-refractivity contribution in [2.75, 3.05) is 11.9 Å². The Labute approximate surface area is 141 Å². The summed E-state index contributed by atoms with van der Waals surface area (Å²) in [6.45, 7) is 4.00. The molecule has 128 valence electrons. The highest BCUT2D eigenvalue weighted by Gasteiger charge is 2.15. The molecule has 24 heavy (non-hydrogen) atoms. The van der Waals surface area contributed by atoms with Crippen LogP contribution >= 0.6 is 0 Å². The van der Waals surface area contributed by atoms with Gasteiger partial charge in [0.2, 0.25) is 0 Å². The van der Waals surface area contributed by atoms with Crippen LogP contribution in [0.3, 0.4) is 0 Å². The Balaban J connectivity index is 1.58. The van der Waals surface area contributed by atoms with Crippen LogP contribution in [0.25, 0.3) is 0 Å². The first-order chi connectivity index (χ1) is 11.8. The SMILES string of the molecule is CCCNC(=O)Nc1cccc(OCc2nnc3n2CCCC3)c1. The van der Waals surface area contributed by atoms with E-state index >= 15 is 0 Å². The Morgan fingerprint density at radius 1 is 1.33 bits per heavy atom. The Morgan fingerprint density at radius 3 is 3.12 bits per heavy atom. The first-order valence-corrected chi connectivity index (χ1v) is 8.45. The molecule has 0 aliphatic carbocycles. The highest BCUT2D eigenvalue weighted by molar-refractivity contribution is 5.89. The molecule has 2 heterocycles. The fourth-order valence-corrected chi connectivity index (χ4v) is 2.70. The van der Waals surface area contributed by atoms with E-state index in [9.17, 15) is 4.79 Å². The second-order valence-corrected chi connectivity index (χ2v) is 5.84. The number of rotatable bonds is 6. The maximum absolute atomic E-state index is 11.7. The molecule has 2 amide bonds. The summed E-state index contributed by atoms with van der Waals surface area (Å²) in [5.74, 6) is 2.59. The molecule has 0 fully saturated rings. The number of nitrogens with zero attached hydrogens (tertiary/aromatic N) is 3. The number of benzene rings is 1. The van der Waals surface area contributed by atoms with Crippen LogP contribution in [0.15, 0.2) is 24.3 Å². The van der Waals surface area contributed by atoms with E-state index in [-0.39, 0.29) is 6.03 Å². The van der Waals surface area contributed by atoms with Crippen molar-refractivity contribution in [2.24, 2.45) is 0 Å². The van der Waals surface area contributed by atoms with Crippen molar-refractivity contribution < 1.29 is 9.53 Å². The molecule has 1 aliphatic rings. The molecular formula is C17H23N5O2. The molecule has 7 heteroatoms. The largest absolute Gasteiger partial charge is 0.486 e. The number of hydrogen-bond acceptors (Lipinski definition) is 4. The third-order valence-corrected chi connectivity index (χ3v) is 3.93. The minimum absolute atomic E-state index is 0.208. The lowest BCUT2D eigenvalue weighted by atomic mass is 10.2. The van der Waals surface area contributed by atoms with Gasteiger partial charge in [0.15, 0.2) is 5.82 Å². The maximum Gasteiger partial charge on any atom is 0.319 e. The van der Waals surface area contributed by atoms with Crippen molar-refractivity contribution in [3.63, 3.8) is 0 Å². The first kappa shape index (κ1) is 16.3. The molecule has 0 unspecified atom stereocenters. The molecular weight excluding hydrogens is 306 g/mol. The number of amides is 2. The van der Waals surface area contributed by atoms with Gasteiger partial charge in [0.05, 0.1) is 0 Å². The predicted octanol–water partition coefficient (Wildman–Crippen LogP) is 2.72. The smallest absolute Gasteiger partial charge is 0.319 e. The average molecular weight is 329 g/mol. The number of ether oxygens (including phenoxy) is 1. The molecule has 2 N–H and O–H groups in total. The number of aromatic nitrogens is 3. The van der Waals surface area contributed by atoms with E-state index in [1.807, 2.05) is 25.1 Å². The summed E-state index contributed by atoms with van der Waals surface area (Å²) < 4.78 is 7.97. The standard InChI is InChI=1S/C17H23N5O2/c1-2-9-18-17(23)19-13-6-5-7-14(11-13)24-12-16-21-20-15-8-3-4-10-22(15)16/h5-7,11H,2-4,8-10,12H2,1H3,(H2,18,19,23). The van der Waals surface area contributed by atoms with Crippen molar-refractivity contribution in [3.05, 3.63) is 35.9 Å². The van der Waals surface area contributed by atoms with Crippen LogP contribution < -0.4 is 15.4 Å². The maximum atomic E-state index is 11.7. The highest BCUT2D eigenvalue weighted by Crippen LogP contribution is 2.20. The van der Waals surface area contributed by atoms with Crippen LogP contribution in [-0.2, 0) is 19.6 Å². The summed E-state index contributed by atoms with van der Waals surface area (Å²) >= 11 is 0. The van der Waals surface area contributed by atoms with Crippen LogP contribution in [0.4, 0.5) is 10.5 Å². The lowest BCUT2D eigenvalue weighted by Crippen LogP contribution is -2.29. The quantitative estimate of drug-likeness (QED) is 0.854. The zero-order chi connectivity index (χ0) is 16.8. The van der Waals surface area contributed by atoms with Gasteiger partial charge in [0, 0.05) is 31.3 Å². The molecule has 0 atom stereocenters. The van der Waals surface area contributed by atoms with Crippen molar-refractivity contribution in [3.8, 4) is 5.75 Å². The Bertz CT molecular complexity index is 698. The van der Waals surface area contributed by atoms with Crippen LogP contribution in [0.1, 0.15) is 37.8 Å². The molecule has 0 radical (unpaired) electrons. The molecule has 0 bridgehead atoms. The van der Waals surface area contributed by atoms with Crippen molar-refractivity contribution in [2.45, 2.75) is 45.8 Å². The van der Waals surface area contributed by atoms with Gasteiger partial charge in [-0.25, -0.2) is 4.79 Å². The van der Waals surface area contributed by atoms with Crippen molar-refractivity contribution in [1.29, 1.82) is 0 Å². The molecule has 3 rings (SSSR count). The molecule has 2 aromatic rings. The number of fused-ring (bicyclic) bond motifs is 1. The number of aryl methyl sites for hydroxylation is 1. The fourth-order valence-electron chi connectivity index (χ4n) is 2.70. The Hall–Kier alpha value is -2.57. The van der Waals surface area contributed by atoms with Gasteiger partial charge in [0.25, 0.3) is 0 Å². The lowest BCUT2D eigenvalue weighted by molar-refractivity contribution is 0.252. The van der Waals surface area contributed by atoms with Crippen molar-refractivity contribution >= 4 is 11.7 Å². The highest BCUT2D eigenvalue weighted by atomic mass is 16.5. The topological polar surface area (TPSA) is 81.1 Å². The van der Waals surface area contributed by atoms with E-state index < -0.39 is 0 Å². The number of carbonyl (C=O) groups excluding carboxylic acids is 1. The molecule has 1 aromatic carbocycles. The average Bonchev–Trinajstić information content (AvgIpc) is 3.02. The number of hydrogen-bond donors (Lipinski definition) is 2. The van der Waals surface area contributed by atoms with E-state index in [0.717, 1.165) is 37.5 Å². The van der Waals surface area contributed by atoms with Gasteiger partial charge in [-0.05, 0) is 31.4 Å². The molecule has 7 nitrogen and oxygen atoms in total. The second kappa shape index (κ2) is 7.81. The first-order valence-electron chi connectivity index (χ1n) is 8.45. The number of carbonyl (C=O) groups is 1. The van der Waals surface area contributed by atoms with Crippen LogP contribution in [0.5, 0.6) is 5.75 Å². The monoisotopic (exact) mass is 329 g/mol. The van der Waals surface area contributed by atoms with Gasteiger partial charge in [0.1, 0.15) is 18.2 Å². The fraction of sp³-hybridized carbons (Fsp3) is 0.471. The summed E-state index contributed by atoms with van der Waals surface area (Å²) in [5, 5.41) is 14.0. The molecule has 0 saturated heterocycles. The summed E-state index contributed by atoms with van der Waals surface area (Å²) in [7, 11) is 0. The minimum Gasteiger partial charge on any atom is -0.486 e. The third kappa shape index (κ3) is 4.04. The molecule has 1 aromatic heterocycles. The predicted molar refractivity (Wildman–Crippen MR) is 91.0 cm³/mol. The van der Waals surface area contributed by atoms with Gasteiger partial charge in [-0.15, -0.1) is 10.2 Å². The Morgan fingerprint density at radius 2 is 2.25 bits per heavy atom. The summed E-state index contributed by atoms with van der Waals surface area (Å²) in [6, 6.07) is 7.14. The van der Waals surface area contributed by atoms with E-state index in [0.29, 0.717) is 24.6 Å². The van der Waals surface area contributed by atoms with Gasteiger partial charge in [-0.3, -0.25) is 0 Å². The van der Waals surface area contributed by atoms with Crippen LogP contribution in [-0.4, -0.2) is 27.3 Å². The molecule has 1 aliphatic heterocycles.